The van der Waals surface area contributed by atoms with Crippen molar-refractivity contribution in [2.45, 2.75) is 70.2 Å². The Labute approximate surface area is 227 Å². The van der Waals surface area contributed by atoms with Gasteiger partial charge >= 0.3 is 0 Å². The first-order valence-corrected chi connectivity index (χ1v) is 14.7. The van der Waals surface area contributed by atoms with E-state index >= 15 is 0 Å². The Balaban J connectivity index is 0.000000180. The highest BCUT2D eigenvalue weighted by atomic mass is 32.2. The van der Waals surface area contributed by atoms with Gasteiger partial charge in [0, 0.05) is 54.4 Å². The van der Waals surface area contributed by atoms with Crippen molar-refractivity contribution in [3.63, 3.8) is 0 Å². The van der Waals surface area contributed by atoms with Gasteiger partial charge in [0.25, 0.3) is 0 Å². The van der Waals surface area contributed by atoms with Gasteiger partial charge in [0.2, 0.25) is 0 Å². The van der Waals surface area contributed by atoms with Crippen LogP contribution >= 0.6 is 11.9 Å². The van der Waals surface area contributed by atoms with Crippen LogP contribution in [-0.2, 0) is 11.2 Å². The number of carbonyl (C=O) groups is 1. The molecule has 2 aromatic carbocycles. The lowest BCUT2D eigenvalue weighted by Crippen LogP contribution is -2.22. The molecule has 0 aliphatic carbocycles. The number of aryl methyl sites for hydroxylation is 2. The summed E-state index contributed by atoms with van der Waals surface area (Å²) in [6.45, 7) is 12.4. The second-order valence-corrected chi connectivity index (χ2v) is 11.7. The number of aromatic nitrogens is 1. The summed E-state index contributed by atoms with van der Waals surface area (Å²) in [6.07, 6.45) is 11.0. The van der Waals surface area contributed by atoms with E-state index in [2.05, 4.69) is 75.5 Å². The van der Waals surface area contributed by atoms with Gasteiger partial charge in [-0.15, -0.1) is 0 Å². The van der Waals surface area contributed by atoms with Gasteiger partial charge in [-0.3, -0.25) is 0 Å². The van der Waals surface area contributed by atoms with Crippen molar-refractivity contribution in [2.24, 2.45) is 0 Å². The summed E-state index contributed by atoms with van der Waals surface area (Å²) in [7, 11) is 1.99. The molecule has 0 radical (unpaired) electrons. The Morgan fingerprint density at radius 2 is 1.68 bits per heavy atom. The number of likely N-dealkylation sites (tertiary alicyclic amines) is 1. The van der Waals surface area contributed by atoms with E-state index in [1.807, 2.05) is 25.9 Å². The van der Waals surface area contributed by atoms with Gasteiger partial charge in [-0.1, -0.05) is 18.6 Å². The van der Waals surface area contributed by atoms with Crippen LogP contribution < -0.4 is 5.32 Å². The molecule has 5 nitrogen and oxygen atoms in total. The molecule has 2 fully saturated rings. The fourth-order valence-electron chi connectivity index (χ4n) is 5.36. The van der Waals surface area contributed by atoms with Crippen LogP contribution in [0.15, 0.2) is 47.5 Å². The number of hydrogen-bond acceptors (Lipinski definition) is 5. The SMILES string of the molecule is CNc1cc(CCN2CCCC2)ccc1C.Cc1cn(C(C)C=O)c2ccc(SN3CCCCC3)cc12. The Kier molecular flexibility index (Phi) is 10.1. The van der Waals surface area contributed by atoms with E-state index in [0.717, 1.165) is 11.8 Å². The highest BCUT2D eigenvalue weighted by Gasteiger charge is 2.14. The van der Waals surface area contributed by atoms with Crippen LogP contribution in [0, 0.1) is 13.8 Å². The summed E-state index contributed by atoms with van der Waals surface area (Å²) in [5.74, 6) is 0. The molecule has 0 saturated carbocycles. The number of nitrogens with zero attached hydrogens (tertiary/aromatic N) is 3. The summed E-state index contributed by atoms with van der Waals surface area (Å²) in [5, 5.41) is 4.51. The van der Waals surface area contributed by atoms with Gasteiger partial charge in [-0.25, -0.2) is 4.31 Å². The average Bonchev–Trinajstić information content (AvgIpc) is 3.57. The molecular formula is C31H44N4OS. The molecule has 2 aliphatic heterocycles. The van der Waals surface area contributed by atoms with Crippen LogP contribution in [0.5, 0.6) is 0 Å². The van der Waals surface area contributed by atoms with E-state index in [9.17, 15) is 4.79 Å². The van der Waals surface area contributed by atoms with Crippen molar-refractivity contribution >= 4 is 34.8 Å². The van der Waals surface area contributed by atoms with Gasteiger partial charge in [-0.2, -0.15) is 0 Å². The summed E-state index contributed by atoms with van der Waals surface area (Å²) in [4.78, 5) is 14.9. The van der Waals surface area contributed by atoms with Crippen molar-refractivity contribution in [3.05, 3.63) is 59.3 Å². The smallest absolute Gasteiger partial charge is 0.142 e. The second kappa shape index (κ2) is 13.5. The molecule has 200 valence electrons. The third-order valence-corrected chi connectivity index (χ3v) is 8.76. The molecule has 1 unspecified atom stereocenters. The van der Waals surface area contributed by atoms with Crippen LogP contribution in [0.4, 0.5) is 5.69 Å². The van der Waals surface area contributed by atoms with Crippen molar-refractivity contribution in [1.82, 2.24) is 13.8 Å². The number of benzene rings is 2. The lowest BCUT2D eigenvalue weighted by molar-refractivity contribution is -0.110. The molecule has 37 heavy (non-hydrogen) atoms. The van der Waals surface area contributed by atoms with E-state index in [-0.39, 0.29) is 6.04 Å². The molecule has 3 heterocycles. The van der Waals surface area contributed by atoms with E-state index < -0.39 is 0 Å². The van der Waals surface area contributed by atoms with Crippen molar-refractivity contribution < 1.29 is 4.79 Å². The molecule has 6 heteroatoms. The number of anilines is 1. The molecule has 0 bridgehead atoms. The van der Waals surface area contributed by atoms with Crippen LogP contribution in [0.1, 0.15) is 61.8 Å². The van der Waals surface area contributed by atoms with E-state index in [1.165, 1.54) is 104 Å². The van der Waals surface area contributed by atoms with E-state index in [1.54, 1.807) is 0 Å². The average molecular weight is 521 g/mol. The molecule has 1 N–H and O–H groups in total. The molecule has 0 spiro atoms. The molecule has 2 aliphatic rings. The molecular weight excluding hydrogens is 476 g/mol. The highest BCUT2D eigenvalue weighted by Crippen LogP contribution is 2.31. The Morgan fingerprint density at radius 3 is 2.38 bits per heavy atom. The zero-order chi connectivity index (χ0) is 26.2. The molecule has 1 atom stereocenters. The summed E-state index contributed by atoms with van der Waals surface area (Å²) in [6, 6.07) is 13.2. The molecule has 1 aromatic heterocycles. The topological polar surface area (TPSA) is 40.5 Å². The number of aldehydes is 1. The van der Waals surface area contributed by atoms with Crippen LogP contribution in [0.3, 0.4) is 0 Å². The predicted molar refractivity (Wildman–Crippen MR) is 159 cm³/mol. The summed E-state index contributed by atoms with van der Waals surface area (Å²) in [5.41, 5.74) is 6.42. The number of rotatable bonds is 8. The van der Waals surface area contributed by atoms with E-state index in [0.29, 0.717) is 0 Å². The van der Waals surface area contributed by atoms with Crippen LogP contribution in [-0.4, -0.2) is 59.8 Å². The second-order valence-electron chi connectivity index (χ2n) is 10.6. The van der Waals surface area contributed by atoms with Crippen LogP contribution in [0.2, 0.25) is 0 Å². The molecule has 2 saturated heterocycles. The number of nitrogens with one attached hydrogen (secondary N) is 1. The Bertz CT molecular complexity index is 1160. The van der Waals surface area contributed by atoms with Crippen LogP contribution in [0.25, 0.3) is 10.9 Å². The summed E-state index contributed by atoms with van der Waals surface area (Å²) < 4.78 is 4.53. The molecule has 0 amide bonds. The first-order chi connectivity index (χ1) is 18.0. The van der Waals surface area contributed by atoms with Gasteiger partial charge in [-0.05, 0) is 119 Å². The maximum absolute atomic E-state index is 11.1. The predicted octanol–water partition coefficient (Wildman–Crippen LogP) is 6.88. The first-order valence-electron chi connectivity index (χ1n) is 14.0. The maximum atomic E-state index is 11.1. The standard InChI is InChI=1S/C17H22N2OS.C14H22N2/c1-13-11-19(14(2)12-20)17-7-6-15(10-16(13)17)21-18-8-4-3-5-9-18;1-12-5-6-13(11-14(12)15-2)7-10-16-8-3-4-9-16/h6-7,10-12,14H,3-5,8-9H2,1-2H3;5-6,11,15H,3-4,7-10H2,1-2H3. The molecule has 3 aromatic rings. The summed E-state index contributed by atoms with van der Waals surface area (Å²) >= 11 is 1.87. The minimum absolute atomic E-state index is 0.109. The highest BCUT2D eigenvalue weighted by molar-refractivity contribution is 7.97. The van der Waals surface area contributed by atoms with Gasteiger partial charge in [0.15, 0.2) is 0 Å². The number of fused-ring (bicyclic) bond motifs is 1. The third kappa shape index (κ3) is 7.40. The third-order valence-electron chi connectivity index (χ3n) is 7.68. The van der Waals surface area contributed by atoms with Gasteiger partial charge < -0.3 is 19.6 Å². The van der Waals surface area contributed by atoms with Crippen molar-refractivity contribution in [2.75, 3.05) is 45.1 Å². The fourth-order valence-corrected chi connectivity index (χ4v) is 6.39. The van der Waals surface area contributed by atoms with Crippen molar-refractivity contribution in [1.29, 1.82) is 0 Å². The maximum Gasteiger partial charge on any atom is 0.142 e. The quantitative estimate of drug-likeness (QED) is 0.259. The minimum Gasteiger partial charge on any atom is -0.388 e. The first kappa shape index (κ1) is 27.7. The minimum atomic E-state index is -0.109. The Morgan fingerprint density at radius 1 is 0.946 bits per heavy atom. The van der Waals surface area contributed by atoms with Gasteiger partial charge in [0.1, 0.15) is 6.29 Å². The number of carbonyl (C=O) groups excluding carboxylic acids is 1. The molecule has 5 rings (SSSR count). The van der Waals surface area contributed by atoms with Crippen molar-refractivity contribution in [3.8, 4) is 0 Å². The zero-order valence-electron chi connectivity index (χ0n) is 23.1. The van der Waals surface area contributed by atoms with Gasteiger partial charge in [0.05, 0.1) is 6.04 Å². The monoisotopic (exact) mass is 520 g/mol. The Hall–Kier alpha value is -2.28. The lowest BCUT2D eigenvalue weighted by Gasteiger charge is -2.25. The fraction of sp³-hybridized carbons (Fsp3) is 0.516. The number of hydrogen-bond donors (Lipinski definition) is 1. The lowest BCUT2D eigenvalue weighted by atomic mass is 10.1. The van der Waals surface area contributed by atoms with E-state index in [4.69, 9.17) is 0 Å². The largest absolute Gasteiger partial charge is 0.388 e. The normalized spacial score (nSPS) is 17.4. The number of piperidine rings is 1. The zero-order valence-corrected chi connectivity index (χ0v) is 23.9.